The molecule has 0 aliphatic carbocycles. The minimum Gasteiger partial charge on any atom is -0.497 e. The SMILES string of the molecule is COc1ccc([C@@H]2[C@@H](C(=O)O)C(c3ccc4c(c3)OCO4)CN2CCNC(C)=O)cc1. The standard InChI is InChI=1S/C23H26N2O6/c1-14(26)24-9-10-25-12-18(16-5-8-19-20(11-16)31-13-30-19)21(23(27)28)22(25)15-3-6-17(29-2)7-4-15/h3-8,11,18,21-22H,9-10,12-13H2,1-2H3,(H,24,26)(H,27,28)/t18?,21-,22+/m0/s1. The van der Waals surface area contributed by atoms with Gasteiger partial charge in [0.2, 0.25) is 12.7 Å². The van der Waals surface area contributed by atoms with Crippen LogP contribution in [0.2, 0.25) is 0 Å². The number of aliphatic carboxylic acids is 1. The molecule has 2 N–H and O–H groups in total. The van der Waals surface area contributed by atoms with E-state index in [0.29, 0.717) is 36.9 Å². The van der Waals surface area contributed by atoms with E-state index in [4.69, 9.17) is 14.2 Å². The number of methoxy groups -OCH3 is 1. The summed E-state index contributed by atoms with van der Waals surface area (Å²) in [4.78, 5) is 26.0. The first-order chi connectivity index (χ1) is 15.0. The highest BCUT2D eigenvalue weighted by atomic mass is 16.7. The number of nitrogens with zero attached hydrogens (tertiary/aromatic N) is 1. The van der Waals surface area contributed by atoms with Gasteiger partial charge in [-0.2, -0.15) is 0 Å². The Hall–Kier alpha value is -3.26. The summed E-state index contributed by atoms with van der Waals surface area (Å²) >= 11 is 0. The number of ether oxygens (including phenoxy) is 3. The average molecular weight is 426 g/mol. The van der Waals surface area contributed by atoms with Gasteiger partial charge in [0.05, 0.1) is 13.0 Å². The van der Waals surface area contributed by atoms with E-state index in [0.717, 1.165) is 11.1 Å². The van der Waals surface area contributed by atoms with Crippen molar-refractivity contribution >= 4 is 11.9 Å². The summed E-state index contributed by atoms with van der Waals surface area (Å²) in [7, 11) is 1.60. The smallest absolute Gasteiger partial charge is 0.309 e. The maximum absolute atomic E-state index is 12.5. The highest BCUT2D eigenvalue weighted by molar-refractivity contribution is 5.74. The number of fused-ring (bicyclic) bond motifs is 1. The second-order valence-corrected chi connectivity index (χ2v) is 7.78. The molecule has 3 atom stereocenters. The first-order valence-electron chi connectivity index (χ1n) is 10.2. The van der Waals surface area contributed by atoms with E-state index in [1.54, 1.807) is 7.11 Å². The fourth-order valence-corrected chi connectivity index (χ4v) is 4.52. The highest BCUT2D eigenvalue weighted by Crippen LogP contribution is 2.47. The van der Waals surface area contributed by atoms with Crippen LogP contribution in [0.25, 0.3) is 0 Å². The molecule has 0 bridgehead atoms. The van der Waals surface area contributed by atoms with Crippen LogP contribution < -0.4 is 19.5 Å². The van der Waals surface area contributed by atoms with Crippen LogP contribution in [0.5, 0.6) is 17.2 Å². The van der Waals surface area contributed by atoms with Crippen molar-refractivity contribution in [3.05, 3.63) is 53.6 Å². The molecule has 2 aliphatic heterocycles. The van der Waals surface area contributed by atoms with E-state index in [1.807, 2.05) is 42.5 Å². The van der Waals surface area contributed by atoms with Gasteiger partial charge in [0.1, 0.15) is 5.75 Å². The molecule has 1 saturated heterocycles. The highest BCUT2D eigenvalue weighted by Gasteiger charge is 2.47. The van der Waals surface area contributed by atoms with Crippen LogP contribution >= 0.6 is 0 Å². The number of benzene rings is 2. The van der Waals surface area contributed by atoms with Crippen LogP contribution in [0.4, 0.5) is 0 Å². The summed E-state index contributed by atoms with van der Waals surface area (Å²) in [6.07, 6.45) is 0. The number of hydrogen-bond acceptors (Lipinski definition) is 6. The van der Waals surface area contributed by atoms with Crippen LogP contribution in [-0.4, -0.2) is 55.4 Å². The van der Waals surface area contributed by atoms with Gasteiger partial charge < -0.3 is 24.6 Å². The number of rotatable bonds is 7. The van der Waals surface area contributed by atoms with Crippen molar-refractivity contribution < 1.29 is 28.9 Å². The molecule has 8 heteroatoms. The predicted octanol–water partition coefficient (Wildman–Crippen LogP) is 2.40. The number of amides is 1. The lowest BCUT2D eigenvalue weighted by atomic mass is 9.82. The zero-order chi connectivity index (χ0) is 22.0. The predicted molar refractivity (Wildman–Crippen MR) is 112 cm³/mol. The zero-order valence-electron chi connectivity index (χ0n) is 17.5. The number of carbonyl (C=O) groups is 2. The van der Waals surface area contributed by atoms with E-state index < -0.39 is 11.9 Å². The molecule has 31 heavy (non-hydrogen) atoms. The van der Waals surface area contributed by atoms with Gasteiger partial charge in [-0.25, -0.2) is 0 Å². The summed E-state index contributed by atoms with van der Waals surface area (Å²) in [5.74, 6) is 0.156. The van der Waals surface area contributed by atoms with Gasteiger partial charge in [0.25, 0.3) is 0 Å². The summed E-state index contributed by atoms with van der Waals surface area (Å²) in [6, 6.07) is 12.8. The third-order valence-corrected chi connectivity index (χ3v) is 5.94. The van der Waals surface area contributed by atoms with E-state index in [1.165, 1.54) is 6.92 Å². The Balaban J connectivity index is 1.68. The minimum absolute atomic E-state index is 0.109. The van der Waals surface area contributed by atoms with Gasteiger partial charge in [-0.3, -0.25) is 14.5 Å². The Morgan fingerprint density at radius 3 is 2.52 bits per heavy atom. The number of nitrogens with one attached hydrogen (secondary N) is 1. The Bertz CT molecular complexity index is 961. The minimum atomic E-state index is -0.856. The van der Waals surface area contributed by atoms with Crippen LogP contribution in [0, 0.1) is 5.92 Å². The first-order valence-corrected chi connectivity index (χ1v) is 10.2. The summed E-state index contributed by atoms with van der Waals surface area (Å²) in [6.45, 7) is 3.18. The molecule has 2 aliphatic rings. The maximum atomic E-state index is 12.5. The summed E-state index contributed by atoms with van der Waals surface area (Å²) < 4.78 is 16.2. The van der Waals surface area contributed by atoms with Crippen molar-refractivity contribution in [2.45, 2.75) is 18.9 Å². The van der Waals surface area contributed by atoms with Crippen LogP contribution in [0.1, 0.15) is 30.0 Å². The molecular weight excluding hydrogens is 400 g/mol. The van der Waals surface area contributed by atoms with Crippen molar-refractivity contribution in [2.24, 2.45) is 5.92 Å². The molecule has 2 aromatic rings. The molecule has 0 radical (unpaired) electrons. The fraction of sp³-hybridized carbons (Fsp3) is 0.391. The Morgan fingerprint density at radius 1 is 1.13 bits per heavy atom. The molecule has 0 aromatic heterocycles. The number of carboxylic acids is 1. The molecule has 0 spiro atoms. The molecule has 1 amide bonds. The largest absolute Gasteiger partial charge is 0.497 e. The summed E-state index contributed by atoms with van der Waals surface area (Å²) in [5, 5.41) is 13.0. The molecule has 1 unspecified atom stereocenters. The molecule has 0 saturated carbocycles. The van der Waals surface area contributed by atoms with Crippen molar-refractivity contribution in [1.82, 2.24) is 10.2 Å². The molecule has 1 fully saturated rings. The quantitative estimate of drug-likeness (QED) is 0.702. The molecule has 164 valence electrons. The third kappa shape index (κ3) is 4.29. The number of carboxylic acid groups (broad SMARTS) is 1. The van der Waals surface area contributed by atoms with Crippen molar-refractivity contribution in [2.75, 3.05) is 33.5 Å². The monoisotopic (exact) mass is 426 g/mol. The van der Waals surface area contributed by atoms with Crippen molar-refractivity contribution in [1.29, 1.82) is 0 Å². The van der Waals surface area contributed by atoms with Gasteiger partial charge in [-0.05, 0) is 35.4 Å². The second kappa shape index (κ2) is 8.85. The lowest BCUT2D eigenvalue weighted by Gasteiger charge is -2.27. The Labute approximate surface area is 180 Å². The van der Waals surface area contributed by atoms with Crippen LogP contribution in [0.15, 0.2) is 42.5 Å². The lowest BCUT2D eigenvalue weighted by Crippen LogP contribution is -2.35. The van der Waals surface area contributed by atoms with E-state index in [9.17, 15) is 14.7 Å². The Kier molecular flexibility index (Phi) is 5.99. The topological polar surface area (TPSA) is 97.3 Å². The maximum Gasteiger partial charge on any atom is 0.309 e. The van der Waals surface area contributed by atoms with Gasteiger partial charge in [-0.15, -0.1) is 0 Å². The second-order valence-electron chi connectivity index (χ2n) is 7.78. The van der Waals surface area contributed by atoms with Crippen molar-refractivity contribution in [3.63, 3.8) is 0 Å². The zero-order valence-corrected chi connectivity index (χ0v) is 17.5. The van der Waals surface area contributed by atoms with Gasteiger partial charge in [-0.1, -0.05) is 18.2 Å². The number of likely N-dealkylation sites (tertiary alicyclic amines) is 1. The summed E-state index contributed by atoms with van der Waals surface area (Å²) in [5.41, 5.74) is 1.80. The average Bonchev–Trinajstić information content (AvgIpc) is 3.37. The van der Waals surface area contributed by atoms with E-state index in [-0.39, 0.29) is 24.7 Å². The first kappa shape index (κ1) is 21.0. The lowest BCUT2D eigenvalue weighted by molar-refractivity contribution is -0.143. The molecule has 2 aromatic carbocycles. The Morgan fingerprint density at radius 2 is 1.84 bits per heavy atom. The van der Waals surface area contributed by atoms with E-state index >= 15 is 0 Å². The molecular formula is C23H26N2O6. The fourth-order valence-electron chi connectivity index (χ4n) is 4.52. The molecule has 2 heterocycles. The molecule has 4 rings (SSSR count). The van der Waals surface area contributed by atoms with Gasteiger partial charge >= 0.3 is 5.97 Å². The molecule has 8 nitrogen and oxygen atoms in total. The third-order valence-electron chi connectivity index (χ3n) is 5.94. The van der Waals surface area contributed by atoms with E-state index in [2.05, 4.69) is 10.2 Å². The van der Waals surface area contributed by atoms with Crippen LogP contribution in [0.3, 0.4) is 0 Å². The van der Waals surface area contributed by atoms with Gasteiger partial charge in [0, 0.05) is 38.5 Å². The number of carbonyl (C=O) groups excluding carboxylic acids is 1. The van der Waals surface area contributed by atoms with Crippen molar-refractivity contribution in [3.8, 4) is 17.2 Å². The van der Waals surface area contributed by atoms with Crippen LogP contribution in [-0.2, 0) is 9.59 Å². The normalized spacial score (nSPS) is 22.3. The number of hydrogen-bond donors (Lipinski definition) is 2. The van der Waals surface area contributed by atoms with Gasteiger partial charge in [0.15, 0.2) is 11.5 Å².